The predicted molar refractivity (Wildman–Crippen MR) is 52.0 cm³/mol. The third-order valence-electron chi connectivity index (χ3n) is 1.53. The van der Waals surface area contributed by atoms with Gasteiger partial charge in [0.05, 0.1) is 11.0 Å². The van der Waals surface area contributed by atoms with Crippen molar-refractivity contribution < 1.29 is 14.5 Å². The highest BCUT2D eigenvalue weighted by molar-refractivity contribution is 5.72. The molecule has 1 heterocycles. The Morgan fingerprint density at radius 2 is 2.20 bits per heavy atom. The molecule has 0 amide bonds. The second kappa shape index (κ2) is 4.50. The molecular weight excluding hydrogens is 200 g/mol. The summed E-state index contributed by atoms with van der Waals surface area (Å²) in [5.74, 6) is -0.125. The predicted octanol–water partition coefficient (Wildman–Crippen LogP) is 1.59. The number of hydrogen-bond donors (Lipinski definition) is 0. The van der Waals surface area contributed by atoms with E-state index in [1.165, 1.54) is 12.1 Å². The third-order valence-corrected chi connectivity index (χ3v) is 1.53. The molecule has 15 heavy (non-hydrogen) atoms. The molecule has 0 aromatic carbocycles. The molecule has 0 atom stereocenters. The second-order valence-corrected chi connectivity index (χ2v) is 3.10. The fourth-order valence-electron chi connectivity index (χ4n) is 0.962. The van der Waals surface area contributed by atoms with Crippen LogP contribution >= 0.6 is 0 Å². The summed E-state index contributed by atoms with van der Waals surface area (Å²) in [7, 11) is 0. The average molecular weight is 210 g/mol. The van der Waals surface area contributed by atoms with Crippen molar-refractivity contribution in [1.82, 2.24) is 4.98 Å². The Morgan fingerprint density at radius 1 is 1.53 bits per heavy atom. The van der Waals surface area contributed by atoms with E-state index >= 15 is 0 Å². The first-order chi connectivity index (χ1) is 7.04. The lowest BCUT2D eigenvalue weighted by molar-refractivity contribution is -0.386. The number of carbonyl (C=O) groups is 1. The number of aromatic nitrogens is 1. The zero-order chi connectivity index (χ0) is 11.4. The van der Waals surface area contributed by atoms with Crippen molar-refractivity contribution >= 4 is 12.0 Å². The minimum Gasteiger partial charge on any atom is -0.470 e. The lowest BCUT2D eigenvalue weighted by Gasteiger charge is -2.08. The molecule has 0 saturated carbocycles. The van der Waals surface area contributed by atoms with Gasteiger partial charge in [-0.2, -0.15) is 0 Å². The molecular formula is C9H10N2O4. The van der Waals surface area contributed by atoms with Crippen LogP contribution in [0.2, 0.25) is 0 Å². The van der Waals surface area contributed by atoms with Crippen molar-refractivity contribution in [3.8, 4) is 5.88 Å². The molecule has 0 radical (unpaired) electrons. The van der Waals surface area contributed by atoms with Crippen molar-refractivity contribution in [2.45, 2.75) is 20.0 Å². The standard InChI is InChI=1S/C9H10N2O4/c1-6(2)15-9-8(11(13)14)4-3-7(5-12)10-9/h3-6H,1-2H3. The zero-order valence-electron chi connectivity index (χ0n) is 8.34. The lowest BCUT2D eigenvalue weighted by Crippen LogP contribution is -2.09. The molecule has 1 aromatic rings. The molecule has 6 nitrogen and oxygen atoms in total. The molecule has 0 aliphatic heterocycles. The SMILES string of the molecule is CC(C)Oc1nc(C=O)ccc1[N+](=O)[O-]. The average Bonchev–Trinajstić information content (AvgIpc) is 2.16. The molecule has 0 aliphatic rings. The highest BCUT2D eigenvalue weighted by Crippen LogP contribution is 2.24. The van der Waals surface area contributed by atoms with Crippen LogP contribution in [0, 0.1) is 10.1 Å². The molecule has 0 spiro atoms. The molecule has 80 valence electrons. The van der Waals surface area contributed by atoms with Gasteiger partial charge >= 0.3 is 5.69 Å². The Morgan fingerprint density at radius 3 is 2.67 bits per heavy atom. The molecule has 1 rings (SSSR count). The topological polar surface area (TPSA) is 82.3 Å². The smallest absolute Gasteiger partial charge is 0.331 e. The number of rotatable bonds is 4. The summed E-state index contributed by atoms with van der Waals surface area (Å²) in [5, 5.41) is 10.6. The van der Waals surface area contributed by atoms with E-state index in [9.17, 15) is 14.9 Å². The largest absolute Gasteiger partial charge is 0.470 e. The number of pyridine rings is 1. The molecule has 0 aliphatic carbocycles. The van der Waals surface area contributed by atoms with E-state index in [1.807, 2.05) is 0 Å². The van der Waals surface area contributed by atoms with Gasteiger partial charge in [0.2, 0.25) is 0 Å². The summed E-state index contributed by atoms with van der Waals surface area (Å²) in [6.07, 6.45) is 0.273. The fourth-order valence-corrected chi connectivity index (χ4v) is 0.962. The first-order valence-corrected chi connectivity index (χ1v) is 4.32. The van der Waals surface area contributed by atoms with Gasteiger partial charge in [-0.15, -0.1) is 0 Å². The molecule has 6 heteroatoms. The first-order valence-electron chi connectivity index (χ1n) is 4.32. The molecule has 0 N–H and O–H groups in total. The first kappa shape index (κ1) is 11.1. The summed E-state index contributed by atoms with van der Waals surface area (Å²) in [6, 6.07) is 2.48. The van der Waals surface area contributed by atoms with Gasteiger partial charge in [-0.05, 0) is 19.9 Å². The summed E-state index contributed by atoms with van der Waals surface area (Å²) < 4.78 is 5.14. The van der Waals surface area contributed by atoms with Crippen LogP contribution in [0.4, 0.5) is 5.69 Å². The monoisotopic (exact) mass is 210 g/mol. The number of nitrogens with zero attached hydrogens (tertiary/aromatic N) is 2. The lowest BCUT2D eigenvalue weighted by atomic mass is 10.3. The van der Waals surface area contributed by atoms with E-state index in [2.05, 4.69) is 4.98 Å². The van der Waals surface area contributed by atoms with Crippen LogP contribution in [0.25, 0.3) is 0 Å². The van der Waals surface area contributed by atoms with Crippen LogP contribution in [-0.4, -0.2) is 22.3 Å². The Labute approximate surface area is 86.0 Å². The number of hydrogen-bond acceptors (Lipinski definition) is 5. The van der Waals surface area contributed by atoms with E-state index < -0.39 is 4.92 Å². The second-order valence-electron chi connectivity index (χ2n) is 3.10. The molecule has 0 fully saturated rings. The van der Waals surface area contributed by atoms with Crippen molar-refractivity contribution in [1.29, 1.82) is 0 Å². The number of carbonyl (C=O) groups excluding carboxylic acids is 1. The Bertz CT molecular complexity index is 390. The van der Waals surface area contributed by atoms with Gasteiger partial charge in [-0.1, -0.05) is 0 Å². The highest BCUT2D eigenvalue weighted by atomic mass is 16.6. The van der Waals surface area contributed by atoms with Gasteiger partial charge in [-0.3, -0.25) is 14.9 Å². The van der Waals surface area contributed by atoms with Crippen molar-refractivity contribution in [3.63, 3.8) is 0 Å². The fraction of sp³-hybridized carbons (Fsp3) is 0.333. The summed E-state index contributed by atoms with van der Waals surface area (Å²) >= 11 is 0. The van der Waals surface area contributed by atoms with E-state index in [1.54, 1.807) is 13.8 Å². The van der Waals surface area contributed by atoms with Crippen LogP contribution in [0.1, 0.15) is 24.3 Å². The van der Waals surface area contributed by atoms with Crippen molar-refractivity contribution in [2.75, 3.05) is 0 Å². The van der Waals surface area contributed by atoms with Gasteiger partial charge in [0.1, 0.15) is 5.69 Å². The number of nitro groups is 1. The number of aldehydes is 1. The van der Waals surface area contributed by atoms with Crippen LogP contribution in [0.5, 0.6) is 5.88 Å². The van der Waals surface area contributed by atoms with Gasteiger partial charge in [-0.25, -0.2) is 4.98 Å². The summed E-state index contributed by atoms with van der Waals surface area (Å²) in [6.45, 7) is 3.44. The third kappa shape index (κ3) is 2.73. The van der Waals surface area contributed by atoms with E-state index in [0.29, 0.717) is 6.29 Å². The molecule has 0 unspecified atom stereocenters. The van der Waals surface area contributed by atoms with Crippen LogP contribution in [0.3, 0.4) is 0 Å². The van der Waals surface area contributed by atoms with Gasteiger partial charge in [0, 0.05) is 6.07 Å². The van der Waals surface area contributed by atoms with E-state index in [4.69, 9.17) is 4.74 Å². The van der Waals surface area contributed by atoms with Crippen LogP contribution in [0.15, 0.2) is 12.1 Å². The zero-order valence-corrected chi connectivity index (χ0v) is 8.34. The maximum Gasteiger partial charge on any atom is 0.331 e. The molecule has 0 saturated heterocycles. The Balaban J connectivity index is 3.16. The minimum atomic E-state index is -0.598. The van der Waals surface area contributed by atoms with E-state index in [-0.39, 0.29) is 23.4 Å². The number of ether oxygens (including phenoxy) is 1. The minimum absolute atomic E-state index is 0.108. The van der Waals surface area contributed by atoms with E-state index in [0.717, 1.165) is 0 Å². The maximum atomic E-state index is 10.6. The van der Waals surface area contributed by atoms with Gasteiger partial charge in [0.25, 0.3) is 5.88 Å². The summed E-state index contributed by atoms with van der Waals surface area (Å²) in [5.41, 5.74) is -0.134. The maximum absolute atomic E-state index is 10.6. The van der Waals surface area contributed by atoms with Gasteiger partial charge < -0.3 is 4.74 Å². The summed E-state index contributed by atoms with van der Waals surface area (Å²) in [4.78, 5) is 24.2. The quantitative estimate of drug-likeness (QED) is 0.428. The Kier molecular flexibility index (Phi) is 3.33. The normalized spacial score (nSPS) is 10.1. The molecule has 0 bridgehead atoms. The van der Waals surface area contributed by atoms with Crippen molar-refractivity contribution in [2.24, 2.45) is 0 Å². The highest BCUT2D eigenvalue weighted by Gasteiger charge is 2.18. The van der Waals surface area contributed by atoms with Gasteiger partial charge in [0.15, 0.2) is 6.29 Å². The van der Waals surface area contributed by atoms with Crippen LogP contribution < -0.4 is 4.74 Å². The Hall–Kier alpha value is -1.98. The molecule has 1 aromatic heterocycles. The van der Waals surface area contributed by atoms with Crippen LogP contribution in [-0.2, 0) is 0 Å². The van der Waals surface area contributed by atoms with Crippen molar-refractivity contribution in [3.05, 3.63) is 27.9 Å².